The van der Waals surface area contributed by atoms with E-state index in [0.717, 1.165) is 9.87 Å². The van der Waals surface area contributed by atoms with Gasteiger partial charge in [0.05, 0.1) is 31.9 Å². The van der Waals surface area contributed by atoms with Crippen molar-refractivity contribution >= 4 is 39.1 Å². The molecule has 43 heavy (non-hydrogen) atoms. The van der Waals surface area contributed by atoms with Crippen molar-refractivity contribution in [1.82, 2.24) is 10.2 Å². The molecule has 0 bridgehead atoms. The van der Waals surface area contributed by atoms with E-state index >= 15 is 0 Å². The summed E-state index contributed by atoms with van der Waals surface area (Å²) in [4.78, 5) is 28.5. The Hall–Kier alpha value is -3.96. The van der Waals surface area contributed by atoms with Crippen LogP contribution in [0.15, 0.2) is 71.6 Å². The number of carbonyl (C=O) groups excluding carboxylic acids is 2. The predicted molar refractivity (Wildman–Crippen MR) is 166 cm³/mol. The van der Waals surface area contributed by atoms with Crippen LogP contribution < -0.4 is 23.8 Å². The number of rotatable bonds is 14. The second-order valence-corrected chi connectivity index (χ2v) is 12.2. The van der Waals surface area contributed by atoms with Crippen LogP contribution in [0.2, 0.25) is 5.02 Å². The lowest BCUT2D eigenvalue weighted by Gasteiger charge is -2.32. The van der Waals surface area contributed by atoms with Gasteiger partial charge in [-0.3, -0.25) is 13.9 Å². The maximum absolute atomic E-state index is 14.1. The van der Waals surface area contributed by atoms with Crippen LogP contribution in [0.4, 0.5) is 5.69 Å². The van der Waals surface area contributed by atoms with Crippen LogP contribution in [0, 0.1) is 0 Å². The molecule has 232 valence electrons. The fourth-order valence-corrected chi connectivity index (χ4v) is 5.77. The molecule has 0 aromatic heterocycles. The van der Waals surface area contributed by atoms with Gasteiger partial charge in [-0.25, -0.2) is 8.42 Å². The summed E-state index contributed by atoms with van der Waals surface area (Å²) in [7, 11) is 0.0837. The number of nitrogens with zero attached hydrogens (tertiary/aromatic N) is 2. The number of amides is 2. The lowest BCUT2D eigenvalue weighted by molar-refractivity contribution is -0.139. The third-order valence-electron chi connectivity index (χ3n) is 7.02. The molecule has 3 rings (SSSR count). The van der Waals surface area contributed by atoms with Gasteiger partial charge in [-0.05, 0) is 74.4 Å². The Balaban J connectivity index is 2.06. The van der Waals surface area contributed by atoms with Crippen molar-refractivity contribution in [1.29, 1.82) is 0 Å². The van der Waals surface area contributed by atoms with Crippen molar-refractivity contribution in [3.05, 3.63) is 77.3 Å². The summed E-state index contributed by atoms with van der Waals surface area (Å²) in [5.74, 6) is 0.266. The molecule has 0 radical (unpaired) electrons. The van der Waals surface area contributed by atoms with E-state index in [9.17, 15) is 18.0 Å². The van der Waals surface area contributed by atoms with E-state index in [1.54, 1.807) is 38.3 Å². The zero-order valence-electron chi connectivity index (χ0n) is 25.2. The van der Waals surface area contributed by atoms with Gasteiger partial charge in [-0.15, -0.1) is 0 Å². The summed E-state index contributed by atoms with van der Waals surface area (Å²) < 4.78 is 45.0. The molecule has 12 heteroatoms. The lowest BCUT2D eigenvalue weighted by Crippen LogP contribution is -2.52. The summed E-state index contributed by atoms with van der Waals surface area (Å²) in [5, 5.41) is 3.31. The Labute approximate surface area is 258 Å². The predicted octanol–water partition coefficient (Wildman–Crippen LogP) is 4.89. The molecule has 1 N–H and O–H groups in total. The van der Waals surface area contributed by atoms with Gasteiger partial charge in [-0.2, -0.15) is 0 Å². The monoisotopic (exact) mass is 631 g/mol. The standard InChI is InChI=1S/C31H38ClN3O7S/c1-7-21(2)33-31(37)22(3)34(19-23-8-14-26(40-4)15-9-23)30(36)20-35(25-12-10-24(32)11-13-25)43(38,39)27-16-17-28(41-5)29(18-27)42-6/h8-18,21-22H,7,19-20H2,1-6H3,(H,33,37)/t21-,22-/m0/s1. The third-order valence-corrected chi connectivity index (χ3v) is 9.04. The minimum atomic E-state index is -4.31. The Morgan fingerprint density at radius 3 is 2.07 bits per heavy atom. The fourth-order valence-electron chi connectivity index (χ4n) is 4.22. The number of hydrogen-bond donors (Lipinski definition) is 1. The Kier molecular flexibility index (Phi) is 11.7. The highest BCUT2D eigenvalue weighted by atomic mass is 35.5. The van der Waals surface area contributed by atoms with Crippen molar-refractivity contribution in [2.24, 2.45) is 0 Å². The van der Waals surface area contributed by atoms with E-state index in [2.05, 4.69) is 5.32 Å². The van der Waals surface area contributed by atoms with E-state index in [-0.39, 0.29) is 34.8 Å². The van der Waals surface area contributed by atoms with Gasteiger partial charge in [-0.1, -0.05) is 30.7 Å². The summed E-state index contributed by atoms with van der Waals surface area (Å²) >= 11 is 6.09. The van der Waals surface area contributed by atoms with Gasteiger partial charge >= 0.3 is 0 Å². The number of ether oxygens (including phenoxy) is 3. The molecule has 3 aromatic carbocycles. The molecule has 0 heterocycles. The Morgan fingerprint density at radius 1 is 0.884 bits per heavy atom. The van der Waals surface area contributed by atoms with Crippen molar-refractivity contribution < 1.29 is 32.2 Å². The summed E-state index contributed by atoms with van der Waals surface area (Å²) in [5.41, 5.74) is 0.951. The number of methoxy groups -OCH3 is 3. The smallest absolute Gasteiger partial charge is 0.264 e. The average Bonchev–Trinajstić information content (AvgIpc) is 3.02. The number of halogens is 1. The first-order chi connectivity index (χ1) is 20.4. The summed E-state index contributed by atoms with van der Waals surface area (Å²) in [6.07, 6.45) is 0.707. The van der Waals surface area contributed by atoms with Crippen LogP contribution in [0.3, 0.4) is 0 Å². The maximum atomic E-state index is 14.1. The van der Waals surface area contributed by atoms with Crippen LogP contribution in [0.1, 0.15) is 32.8 Å². The van der Waals surface area contributed by atoms with Gasteiger partial charge in [0.25, 0.3) is 10.0 Å². The van der Waals surface area contributed by atoms with Crippen LogP contribution in [-0.4, -0.2) is 65.1 Å². The van der Waals surface area contributed by atoms with E-state index in [0.29, 0.717) is 22.9 Å². The number of hydrogen-bond acceptors (Lipinski definition) is 7. The molecule has 0 unspecified atom stereocenters. The van der Waals surface area contributed by atoms with E-state index in [4.69, 9.17) is 25.8 Å². The average molecular weight is 632 g/mol. The lowest BCUT2D eigenvalue weighted by atomic mass is 10.1. The highest BCUT2D eigenvalue weighted by Crippen LogP contribution is 2.32. The minimum Gasteiger partial charge on any atom is -0.497 e. The molecule has 0 fully saturated rings. The molecule has 0 aliphatic rings. The second-order valence-electron chi connectivity index (χ2n) is 9.87. The first kappa shape index (κ1) is 33.5. The first-order valence-corrected chi connectivity index (χ1v) is 15.5. The largest absolute Gasteiger partial charge is 0.497 e. The maximum Gasteiger partial charge on any atom is 0.264 e. The number of nitrogens with one attached hydrogen (secondary N) is 1. The van der Waals surface area contributed by atoms with Crippen molar-refractivity contribution in [2.75, 3.05) is 32.2 Å². The summed E-state index contributed by atoms with van der Waals surface area (Å²) in [6.45, 7) is 4.91. The normalized spacial score (nSPS) is 12.5. The van der Waals surface area contributed by atoms with Crippen molar-refractivity contribution in [3.63, 3.8) is 0 Å². The zero-order chi connectivity index (χ0) is 31.7. The topological polar surface area (TPSA) is 114 Å². The van der Waals surface area contributed by atoms with E-state index in [1.165, 1.54) is 61.6 Å². The number of anilines is 1. The van der Waals surface area contributed by atoms with Crippen LogP contribution >= 0.6 is 11.6 Å². The first-order valence-electron chi connectivity index (χ1n) is 13.7. The van der Waals surface area contributed by atoms with Gasteiger partial charge in [0.2, 0.25) is 11.8 Å². The van der Waals surface area contributed by atoms with Gasteiger partial charge in [0.1, 0.15) is 18.3 Å². The Morgan fingerprint density at radius 2 is 1.51 bits per heavy atom. The quantitative estimate of drug-likeness (QED) is 0.269. The van der Waals surface area contributed by atoms with Crippen LogP contribution in [-0.2, 0) is 26.2 Å². The van der Waals surface area contributed by atoms with Crippen LogP contribution in [0.25, 0.3) is 0 Å². The molecule has 0 saturated heterocycles. The molecule has 0 saturated carbocycles. The van der Waals surface area contributed by atoms with Crippen molar-refractivity contribution in [2.45, 2.75) is 50.7 Å². The zero-order valence-corrected chi connectivity index (χ0v) is 26.7. The molecule has 2 amide bonds. The SMILES string of the molecule is CC[C@H](C)NC(=O)[C@H](C)N(Cc1ccc(OC)cc1)C(=O)CN(c1ccc(Cl)cc1)S(=O)(=O)c1ccc(OC)c(OC)c1. The second kappa shape index (κ2) is 15.0. The molecule has 3 aromatic rings. The van der Waals surface area contributed by atoms with E-state index < -0.39 is 28.5 Å². The molecular formula is C31H38ClN3O7S. The highest BCUT2D eigenvalue weighted by Gasteiger charge is 2.33. The van der Waals surface area contributed by atoms with Gasteiger partial charge in [0.15, 0.2) is 11.5 Å². The summed E-state index contributed by atoms with van der Waals surface area (Å²) in [6, 6.07) is 16.4. The fraction of sp³-hybridized carbons (Fsp3) is 0.355. The third kappa shape index (κ3) is 8.32. The van der Waals surface area contributed by atoms with E-state index in [1.807, 2.05) is 13.8 Å². The number of sulfonamides is 1. The molecule has 0 aliphatic carbocycles. The molecule has 2 atom stereocenters. The molecular weight excluding hydrogens is 594 g/mol. The minimum absolute atomic E-state index is 0.0583. The van der Waals surface area contributed by atoms with Gasteiger partial charge < -0.3 is 24.4 Å². The number of benzene rings is 3. The van der Waals surface area contributed by atoms with Crippen LogP contribution in [0.5, 0.6) is 17.2 Å². The number of carbonyl (C=O) groups is 2. The van der Waals surface area contributed by atoms with Crippen molar-refractivity contribution in [3.8, 4) is 17.2 Å². The Bertz CT molecular complexity index is 1500. The molecule has 10 nitrogen and oxygen atoms in total. The molecule has 0 spiro atoms. The van der Waals surface area contributed by atoms with Gasteiger partial charge in [0, 0.05) is 23.7 Å². The highest BCUT2D eigenvalue weighted by molar-refractivity contribution is 7.92. The molecule has 0 aliphatic heterocycles.